The Morgan fingerprint density at radius 2 is 1.48 bits per heavy atom. The summed E-state index contributed by atoms with van der Waals surface area (Å²) in [6.07, 6.45) is 0. The average Bonchev–Trinajstić information content (AvgIpc) is 3.06. The van der Waals surface area contributed by atoms with Crippen LogP contribution >= 0.6 is 11.6 Å². The van der Waals surface area contributed by atoms with Crippen molar-refractivity contribution in [3.63, 3.8) is 0 Å². The fraction of sp³-hybridized carbons (Fsp3) is 0.160. The zero-order valence-electron chi connectivity index (χ0n) is 16.2. The molecule has 3 aromatic rings. The molecule has 1 N–H and O–H groups in total. The zero-order chi connectivity index (χ0) is 21.5. The molecule has 2 amide bonds. The Kier molecular flexibility index (Phi) is 3.58. The lowest BCUT2D eigenvalue weighted by Gasteiger charge is -2.50. The second-order valence-electron chi connectivity index (χ2n) is 8.23. The summed E-state index contributed by atoms with van der Waals surface area (Å²) in [6, 6.07) is 21.4. The van der Waals surface area contributed by atoms with Crippen molar-refractivity contribution in [1.29, 1.82) is 0 Å². The number of carboxylic acid groups (broad SMARTS) is 1. The predicted octanol–water partition coefficient (Wildman–Crippen LogP) is 4.13. The van der Waals surface area contributed by atoms with E-state index in [1.54, 1.807) is 6.07 Å². The molecule has 0 aromatic heterocycles. The topological polar surface area (TPSA) is 74.7 Å². The van der Waals surface area contributed by atoms with Gasteiger partial charge in [0.2, 0.25) is 11.8 Å². The minimum Gasteiger partial charge on any atom is -0.478 e. The van der Waals surface area contributed by atoms with Crippen LogP contribution in [0.3, 0.4) is 0 Å². The fourth-order valence-electron chi connectivity index (χ4n) is 5.71. The molecule has 7 rings (SSSR count). The monoisotopic (exact) mass is 429 g/mol. The quantitative estimate of drug-likeness (QED) is 0.491. The summed E-state index contributed by atoms with van der Waals surface area (Å²) in [5.74, 6) is -3.51. The van der Waals surface area contributed by atoms with E-state index in [4.69, 9.17) is 11.6 Å². The molecule has 5 nitrogen and oxygen atoms in total. The predicted molar refractivity (Wildman–Crippen MR) is 114 cm³/mol. The molecule has 2 bridgehead atoms. The lowest BCUT2D eigenvalue weighted by molar-refractivity contribution is -0.122. The van der Waals surface area contributed by atoms with Crippen molar-refractivity contribution in [2.45, 2.75) is 10.8 Å². The van der Waals surface area contributed by atoms with Crippen LogP contribution in [0.5, 0.6) is 0 Å². The van der Waals surface area contributed by atoms with E-state index >= 15 is 0 Å². The third-order valence-corrected chi connectivity index (χ3v) is 7.51. The molecule has 0 saturated carbocycles. The first kappa shape index (κ1) is 18.3. The van der Waals surface area contributed by atoms with E-state index in [-0.39, 0.29) is 29.0 Å². The summed E-state index contributed by atoms with van der Waals surface area (Å²) in [5, 5.41) is 9.35. The maximum Gasteiger partial charge on any atom is 0.335 e. The molecule has 6 heteroatoms. The summed E-state index contributed by atoms with van der Waals surface area (Å²) >= 11 is 7.36. The molecule has 152 valence electrons. The SMILES string of the molecule is O=C(O)c1cccc(N2C(=O)[C@H]3C4c5ccccc5C(Cl)(c5ccccc54)[C@H]3C2=O)c1. The van der Waals surface area contributed by atoms with Gasteiger partial charge in [-0.1, -0.05) is 54.6 Å². The van der Waals surface area contributed by atoms with Crippen molar-refractivity contribution in [2.24, 2.45) is 11.8 Å². The van der Waals surface area contributed by atoms with Gasteiger partial charge in [-0.15, -0.1) is 11.6 Å². The van der Waals surface area contributed by atoms with Gasteiger partial charge in [0.15, 0.2) is 0 Å². The maximum absolute atomic E-state index is 13.7. The highest BCUT2D eigenvalue weighted by Gasteiger charge is 2.67. The van der Waals surface area contributed by atoms with Crippen molar-refractivity contribution in [3.8, 4) is 0 Å². The molecule has 4 aliphatic rings. The van der Waals surface area contributed by atoms with E-state index in [2.05, 4.69) is 0 Å². The standard InChI is InChI=1S/C25H16ClNO4/c26-25-17-10-3-1-8-15(17)19(16-9-2-4-11-18(16)25)20-21(25)23(29)27(22(20)28)14-7-5-6-13(12-14)24(30)31/h1-12,19-21H,(H,30,31)/t19?,20-,21+,25?/m0/s1. The van der Waals surface area contributed by atoms with Crippen molar-refractivity contribution >= 4 is 35.1 Å². The van der Waals surface area contributed by atoms with Crippen LogP contribution in [-0.4, -0.2) is 22.9 Å². The Morgan fingerprint density at radius 1 is 0.871 bits per heavy atom. The van der Waals surface area contributed by atoms with Crippen LogP contribution in [0.15, 0.2) is 72.8 Å². The van der Waals surface area contributed by atoms with Gasteiger partial charge in [-0.25, -0.2) is 9.69 Å². The second kappa shape index (κ2) is 6.05. The van der Waals surface area contributed by atoms with E-state index in [0.29, 0.717) is 0 Å². The lowest BCUT2D eigenvalue weighted by atomic mass is 9.54. The first-order valence-electron chi connectivity index (χ1n) is 10.0. The first-order chi connectivity index (χ1) is 14.9. The molecule has 1 aliphatic heterocycles. The number of anilines is 1. The van der Waals surface area contributed by atoms with Gasteiger partial charge < -0.3 is 5.11 Å². The minimum absolute atomic E-state index is 0.0168. The van der Waals surface area contributed by atoms with Crippen molar-refractivity contribution in [2.75, 3.05) is 4.90 Å². The first-order valence-corrected chi connectivity index (χ1v) is 10.4. The number of benzene rings is 3. The van der Waals surface area contributed by atoms with Crippen LogP contribution in [0.2, 0.25) is 0 Å². The van der Waals surface area contributed by atoms with Crippen molar-refractivity contribution in [3.05, 3.63) is 101 Å². The van der Waals surface area contributed by atoms with Crippen LogP contribution in [-0.2, 0) is 14.5 Å². The van der Waals surface area contributed by atoms with E-state index in [0.717, 1.165) is 27.2 Å². The van der Waals surface area contributed by atoms with Gasteiger partial charge in [-0.2, -0.15) is 0 Å². The Balaban J connectivity index is 1.58. The van der Waals surface area contributed by atoms with E-state index in [1.807, 2.05) is 48.5 Å². The number of nitrogens with zero attached hydrogens (tertiary/aromatic N) is 1. The number of hydrogen-bond donors (Lipinski definition) is 1. The third-order valence-electron chi connectivity index (χ3n) is 6.87. The highest BCUT2D eigenvalue weighted by atomic mass is 35.5. The summed E-state index contributed by atoms with van der Waals surface area (Å²) in [6.45, 7) is 0. The highest BCUT2D eigenvalue weighted by Crippen LogP contribution is 2.65. The molecule has 2 atom stereocenters. The Morgan fingerprint density at radius 3 is 2.10 bits per heavy atom. The molecule has 1 heterocycles. The fourth-order valence-corrected chi connectivity index (χ4v) is 6.28. The largest absolute Gasteiger partial charge is 0.478 e. The number of rotatable bonds is 2. The van der Waals surface area contributed by atoms with E-state index in [9.17, 15) is 19.5 Å². The lowest BCUT2D eigenvalue weighted by Crippen LogP contribution is -2.50. The van der Waals surface area contributed by atoms with Crippen LogP contribution in [0.4, 0.5) is 5.69 Å². The molecule has 3 aromatic carbocycles. The average molecular weight is 430 g/mol. The number of halogens is 1. The number of hydrogen-bond acceptors (Lipinski definition) is 3. The highest BCUT2D eigenvalue weighted by molar-refractivity contribution is 6.33. The number of carboxylic acids is 1. The minimum atomic E-state index is -1.15. The number of carbonyl (C=O) groups excluding carboxylic acids is 2. The molecular formula is C25H16ClNO4. The number of amides is 2. The van der Waals surface area contributed by atoms with Crippen molar-refractivity contribution < 1.29 is 19.5 Å². The third kappa shape index (κ3) is 2.14. The smallest absolute Gasteiger partial charge is 0.335 e. The van der Waals surface area contributed by atoms with Gasteiger partial charge in [0.1, 0.15) is 4.87 Å². The Hall–Kier alpha value is -3.44. The van der Waals surface area contributed by atoms with E-state index in [1.165, 1.54) is 18.2 Å². The summed E-state index contributed by atoms with van der Waals surface area (Å²) in [4.78, 5) is 38.8. The summed E-state index contributed by atoms with van der Waals surface area (Å²) in [7, 11) is 0. The van der Waals surface area contributed by atoms with Gasteiger partial charge in [0.05, 0.1) is 23.1 Å². The van der Waals surface area contributed by atoms with Gasteiger partial charge >= 0.3 is 5.97 Å². The van der Waals surface area contributed by atoms with Gasteiger partial charge in [0.25, 0.3) is 0 Å². The van der Waals surface area contributed by atoms with Crippen LogP contribution in [0.1, 0.15) is 38.5 Å². The molecule has 1 saturated heterocycles. The zero-order valence-corrected chi connectivity index (χ0v) is 16.9. The van der Waals surface area contributed by atoms with Gasteiger partial charge in [-0.05, 0) is 40.5 Å². The van der Waals surface area contributed by atoms with Crippen LogP contribution < -0.4 is 4.90 Å². The Labute approximate surface area is 182 Å². The van der Waals surface area contributed by atoms with Gasteiger partial charge in [0, 0.05) is 5.92 Å². The van der Waals surface area contributed by atoms with Crippen LogP contribution in [0.25, 0.3) is 0 Å². The summed E-state index contributed by atoms with van der Waals surface area (Å²) in [5.41, 5.74) is 3.95. The number of carbonyl (C=O) groups is 3. The van der Waals surface area contributed by atoms with Gasteiger partial charge in [-0.3, -0.25) is 9.59 Å². The van der Waals surface area contributed by atoms with Crippen LogP contribution in [0, 0.1) is 11.8 Å². The number of alkyl halides is 1. The second-order valence-corrected chi connectivity index (χ2v) is 8.83. The van der Waals surface area contributed by atoms with E-state index < -0.39 is 22.7 Å². The molecule has 31 heavy (non-hydrogen) atoms. The molecule has 0 radical (unpaired) electrons. The summed E-state index contributed by atoms with van der Waals surface area (Å²) < 4.78 is 0. The molecule has 0 spiro atoms. The number of aromatic carboxylic acids is 1. The molecule has 1 fully saturated rings. The maximum atomic E-state index is 13.7. The normalized spacial score (nSPS) is 27.6. The van der Waals surface area contributed by atoms with Crippen molar-refractivity contribution in [1.82, 2.24) is 0 Å². The number of imide groups is 1. The molecule has 3 aliphatic carbocycles. The molecular weight excluding hydrogens is 414 g/mol. The Bertz CT molecular complexity index is 1270. The molecule has 0 unspecified atom stereocenters.